The lowest BCUT2D eigenvalue weighted by atomic mass is 9.68. The number of rotatable bonds is 9. The molecule has 2 saturated carbocycles. The molecule has 2 aliphatic carbocycles. The zero-order valence-corrected chi connectivity index (χ0v) is 25.5. The molecular formula is C33H45N5O5. The van der Waals surface area contributed by atoms with Crippen molar-refractivity contribution in [3.63, 3.8) is 0 Å². The maximum absolute atomic E-state index is 14.2. The second-order valence-electron chi connectivity index (χ2n) is 13.0. The Morgan fingerprint density at radius 3 is 2.23 bits per heavy atom. The molecule has 3 heterocycles. The van der Waals surface area contributed by atoms with Gasteiger partial charge in [-0.05, 0) is 82.8 Å². The first kappa shape index (κ1) is 29.8. The normalized spacial score (nSPS) is 29.3. The second-order valence-corrected chi connectivity index (χ2v) is 13.0. The predicted octanol–water partition coefficient (Wildman–Crippen LogP) is 4.60. The molecule has 232 valence electrons. The Bertz CT molecular complexity index is 1410. The van der Waals surface area contributed by atoms with Crippen LogP contribution in [0.3, 0.4) is 0 Å². The number of carboxylic acid groups (broad SMARTS) is 1. The van der Waals surface area contributed by atoms with Gasteiger partial charge in [0.1, 0.15) is 0 Å². The highest BCUT2D eigenvalue weighted by molar-refractivity contribution is 6.41. The zero-order chi connectivity index (χ0) is 30.1. The summed E-state index contributed by atoms with van der Waals surface area (Å²) in [6, 6.07) is 8.85. The topological polar surface area (TPSA) is 117 Å². The maximum Gasteiger partial charge on any atom is 0.360 e. The van der Waals surface area contributed by atoms with E-state index in [0.29, 0.717) is 42.2 Å². The molecule has 1 aromatic carbocycles. The van der Waals surface area contributed by atoms with Crippen molar-refractivity contribution < 1.29 is 19.5 Å². The standard InChI is InChI=1S/C33H45N5O5/c1-3-36(4-2)29(39)20-43-35-31(33(41)42)30-32(40)38(28-14-6-5-13-27(28)34-30)26-18-23-11-8-12-24(19-26)37(23)25-16-21-9-7-10-22(15-21)17-25/h5-6,13-14,21-26H,3-4,7-12,15-20H2,1-2H3,(H,41,42). The Hall–Kier alpha value is -3.27. The minimum absolute atomic E-state index is 0.0611. The fourth-order valence-corrected chi connectivity index (χ4v) is 8.81. The van der Waals surface area contributed by atoms with Crippen molar-refractivity contribution in [1.29, 1.82) is 0 Å². The van der Waals surface area contributed by atoms with Gasteiger partial charge in [0.05, 0.1) is 11.0 Å². The number of hydrogen-bond acceptors (Lipinski definition) is 7. The number of carbonyl (C=O) groups is 2. The van der Waals surface area contributed by atoms with Crippen molar-refractivity contribution in [2.24, 2.45) is 17.0 Å². The molecule has 1 aromatic heterocycles. The quantitative estimate of drug-likeness (QED) is 0.335. The Morgan fingerprint density at radius 2 is 1.58 bits per heavy atom. The van der Waals surface area contributed by atoms with Crippen molar-refractivity contribution in [2.75, 3.05) is 19.7 Å². The Balaban J connectivity index is 1.31. The zero-order valence-electron chi connectivity index (χ0n) is 25.5. The molecule has 2 aliphatic heterocycles. The van der Waals surface area contributed by atoms with Gasteiger partial charge in [0, 0.05) is 37.3 Å². The first-order valence-corrected chi connectivity index (χ1v) is 16.4. The molecule has 43 heavy (non-hydrogen) atoms. The van der Waals surface area contributed by atoms with Crippen molar-refractivity contribution in [2.45, 2.75) is 109 Å². The first-order chi connectivity index (χ1) is 20.9. The van der Waals surface area contributed by atoms with Gasteiger partial charge in [-0.2, -0.15) is 0 Å². The van der Waals surface area contributed by atoms with Gasteiger partial charge in [-0.1, -0.05) is 43.0 Å². The summed E-state index contributed by atoms with van der Waals surface area (Å²) in [7, 11) is 0. The van der Waals surface area contributed by atoms with Crippen LogP contribution in [0.1, 0.15) is 96.2 Å². The van der Waals surface area contributed by atoms with Crippen LogP contribution in [0.4, 0.5) is 0 Å². The van der Waals surface area contributed by atoms with E-state index in [-0.39, 0.29) is 17.6 Å². The fraction of sp³-hybridized carbons (Fsp3) is 0.667. The number of hydrogen-bond donors (Lipinski definition) is 1. The highest BCUT2D eigenvalue weighted by Crippen LogP contribution is 2.47. The van der Waals surface area contributed by atoms with E-state index in [1.54, 1.807) is 15.5 Å². The SMILES string of the molecule is CCN(CC)C(=O)CON=C(C(=O)O)c1nc2ccccc2n(C2CC3CCCC(C2)N3C2CC3CCCC(C3)C2)c1=O. The number of fused-ring (bicyclic) bond motifs is 5. The van der Waals surface area contributed by atoms with Crippen molar-refractivity contribution >= 4 is 28.6 Å². The summed E-state index contributed by atoms with van der Waals surface area (Å²) in [6.45, 7) is 4.31. The molecular weight excluding hydrogens is 546 g/mol. The molecule has 4 unspecified atom stereocenters. The number of aromatic nitrogens is 2. The van der Waals surface area contributed by atoms with Gasteiger partial charge in [-0.15, -0.1) is 0 Å². The number of oxime groups is 1. The number of amides is 1. The molecule has 2 saturated heterocycles. The van der Waals surface area contributed by atoms with E-state index in [9.17, 15) is 19.5 Å². The van der Waals surface area contributed by atoms with Crippen LogP contribution in [0, 0.1) is 11.8 Å². The molecule has 6 rings (SSSR count). The number of carboxylic acids is 1. The summed E-state index contributed by atoms with van der Waals surface area (Å²) in [4.78, 5) is 53.0. The van der Waals surface area contributed by atoms with Crippen LogP contribution >= 0.6 is 0 Å². The van der Waals surface area contributed by atoms with Gasteiger partial charge < -0.3 is 19.4 Å². The average molecular weight is 592 g/mol. The van der Waals surface area contributed by atoms with E-state index in [1.807, 2.05) is 32.0 Å². The average Bonchev–Trinajstić information content (AvgIpc) is 2.99. The third-order valence-electron chi connectivity index (χ3n) is 10.6. The van der Waals surface area contributed by atoms with Crippen molar-refractivity contribution in [3.05, 3.63) is 40.3 Å². The lowest BCUT2D eigenvalue weighted by molar-refractivity contribution is -0.136. The Kier molecular flexibility index (Phi) is 8.84. The molecule has 4 bridgehead atoms. The third kappa shape index (κ3) is 5.95. The first-order valence-electron chi connectivity index (χ1n) is 16.4. The number of para-hydroxylation sites is 2. The number of aliphatic carboxylic acids is 1. The lowest BCUT2D eigenvalue weighted by Gasteiger charge is -2.55. The summed E-state index contributed by atoms with van der Waals surface area (Å²) < 4.78 is 1.79. The van der Waals surface area contributed by atoms with Crippen LogP contribution in [0.2, 0.25) is 0 Å². The van der Waals surface area contributed by atoms with Gasteiger partial charge in [0.25, 0.3) is 11.5 Å². The summed E-state index contributed by atoms with van der Waals surface area (Å²) in [5.74, 6) is 0.00516. The van der Waals surface area contributed by atoms with E-state index in [1.165, 1.54) is 44.9 Å². The smallest absolute Gasteiger partial charge is 0.360 e. The lowest BCUT2D eigenvalue weighted by Crippen LogP contribution is -2.58. The van der Waals surface area contributed by atoms with Gasteiger partial charge in [0.15, 0.2) is 12.3 Å². The highest BCUT2D eigenvalue weighted by Gasteiger charge is 2.45. The number of piperidine rings is 2. The van der Waals surface area contributed by atoms with Crippen molar-refractivity contribution in [1.82, 2.24) is 19.4 Å². The molecule has 0 spiro atoms. The Morgan fingerprint density at radius 1 is 0.930 bits per heavy atom. The van der Waals surface area contributed by atoms with E-state index in [4.69, 9.17) is 4.84 Å². The van der Waals surface area contributed by atoms with Crippen LogP contribution in [-0.2, 0) is 14.4 Å². The second kappa shape index (κ2) is 12.8. The van der Waals surface area contributed by atoms with Crippen LogP contribution < -0.4 is 5.56 Å². The molecule has 4 aliphatic rings. The highest BCUT2D eigenvalue weighted by atomic mass is 16.6. The van der Waals surface area contributed by atoms with Crippen molar-refractivity contribution in [3.8, 4) is 0 Å². The summed E-state index contributed by atoms with van der Waals surface area (Å²) in [5, 5.41) is 13.9. The molecule has 10 heteroatoms. The van der Waals surface area contributed by atoms with Gasteiger partial charge in [-0.3, -0.25) is 14.5 Å². The van der Waals surface area contributed by atoms with Crippen LogP contribution in [0.5, 0.6) is 0 Å². The minimum atomic E-state index is -1.42. The van der Waals surface area contributed by atoms with Crippen LogP contribution in [0.25, 0.3) is 11.0 Å². The molecule has 1 N–H and O–H groups in total. The molecule has 10 nitrogen and oxygen atoms in total. The number of likely N-dealkylation sites (N-methyl/N-ethyl adjacent to an activating group) is 1. The van der Waals surface area contributed by atoms with E-state index >= 15 is 0 Å². The van der Waals surface area contributed by atoms with Gasteiger partial charge >= 0.3 is 5.97 Å². The largest absolute Gasteiger partial charge is 0.476 e. The summed E-state index contributed by atoms with van der Waals surface area (Å²) in [6.07, 6.45) is 13.4. The Labute approximate surface area is 253 Å². The summed E-state index contributed by atoms with van der Waals surface area (Å²) >= 11 is 0. The van der Waals surface area contributed by atoms with Gasteiger partial charge in [0.2, 0.25) is 5.71 Å². The number of nitrogens with zero attached hydrogens (tertiary/aromatic N) is 5. The van der Waals surface area contributed by atoms with E-state index in [2.05, 4.69) is 15.0 Å². The maximum atomic E-state index is 14.2. The predicted molar refractivity (Wildman–Crippen MR) is 164 cm³/mol. The minimum Gasteiger partial charge on any atom is -0.476 e. The monoisotopic (exact) mass is 591 g/mol. The molecule has 0 radical (unpaired) electrons. The molecule has 2 aromatic rings. The van der Waals surface area contributed by atoms with Crippen LogP contribution in [0.15, 0.2) is 34.2 Å². The molecule has 1 amide bonds. The molecule has 4 fully saturated rings. The van der Waals surface area contributed by atoms with Crippen LogP contribution in [-0.4, -0.2) is 79.9 Å². The summed E-state index contributed by atoms with van der Waals surface area (Å²) in [5.41, 5.74) is -0.0556. The number of benzene rings is 1. The fourth-order valence-electron chi connectivity index (χ4n) is 8.81. The van der Waals surface area contributed by atoms with E-state index < -0.39 is 23.8 Å². The number of carbonyl (C=O) groups excluding carboxylic acids is 1. The van der Waals surface area contributed by atoms with Gasteiger partial charge in [-0.25, -0.2) is 9.78 Å². The van der Waals surface area contributed by atoms with E-state index in [0.717, 1.165) is 37.5 Å². The molecule has 4 atom stereocenters. The third-order valence-corrected chi connectivity index (χ3v) is 10.6.